The van der Waals surface area contributed by atoms with Gasteiger partial charge < -0.3 is 14.8 Å². The van der Waals surface area contributed by atoms with E-state index >= 15 is 0 Å². The van der Waals surface area contributed by atoms with Gasteiger partial charge in [-0.25, -0.2) is 4.79 Å². The number of carbonyl (C=O) groups excluding carboxylic acids is 1. The van der Waals surface area contributed by atoms with Crippen molar-refractivity contribution in [2.24, 2.45) is 0 Å². The molecule has 2 aromatic heterocycles. The Bertz CT molecular complexity index is 1270. The Kier molecular flexibility index (Phi) is 7.59. The number of benzene rings is 1. The maximum atomic E-state index is 13.1. The van der Waals surface area contributed by atoms with Gasteiger partial charge in [0.2, 0.25) is 5.62 Å². The summed E-state index contributed by atoms with van der Waals surface area (Å²) in [7, 11) is 0. The van der Waals surface area contributed by atoms with Crippen molar-refractivity contribution in [2.75, 3.05) is 0 Å². The molecule has 0 unspecified atom stereocenters. The first kappa shape index (κ1) is 27.7. The Labute approximate surface area is 201 Å². The van der Waals surface area contributed by atoms with Gasteiger partial charge >= 0.3 is 12.1 Å². The van der Waals surface area contributed by atoms with Crippen molar-refractivity contribution in [3.05, 3.63) is 65.0 Å². The van der Waals surface area contributed by atoms with Gasteiger partial charge in [0.05, 0.1) is 12.1 Å². The predicted molar refractivity (Wildman–Crippen MR) is 125 cm³/mol. The van der Waals surface area contributed by atoms with Crippen LogP contribution in [0.5, 0.6) is 5.75 Å². The summed E-state index contributed by atoms with van der Waals surface area (Å²) < 4.78 is 35.1. The number of fused-ring (bicyclic) bond motifs is 1. The van der Waals surface area contributed by atoms with Gasteiger partial charge in [-0.3, -0.25) is 14.6 Å². The number of aliphatic carboxylic acids is 1. The number of nitrogens with zero attached hydrogens (tertiary/aromatic N) is 2. The quantitative estimate of drug-likeness (QED) is 0.445. The van der Waals surface area contributed by atoms with E-state index in [0.29, 0.717) is 5.56 Å². The van der Waals surface area contributed by atoms with E-state index in [1.54, 1.807) is 21.1 Å². The monoisotopic (exact) mass is 493 g/mol. The lowest BCUT2D eigenvalue weighted by Gasteiger charge is -2.28. The van der Waals surface area contributed by atoms with Crippen LogP contribution >= 0.6 is 0 Å². The van der Waals surface area contributed by atoms with Crippen LogP contribution in [0.15, 0.2) is 42.7 Å². The van der Waals surface area contributed by atoms with Crippen LogP contribution in [-0.4, -0.2) is 37.1 Å². The van der Waals surface area contributed by atoms with E-state index in [0.717, 1.165) is 16.6 Å². The molecule has 3 rings (SSSR count). The number of carboxylic acids is 1. The van der Waals surface area contributed by atoms with E-state index in [9.17, 15) is 23.1 Å². The molecular weight excluding hydrogens is 463 g/mol. The zero-order valence-electron chi connectivity index (χ0n) is 20.5. The summed E-state index contributed by atoms with van der Waals surface area (Å²) in [6.07, 6.45) is -1.45. The number of halogens is 3. The second-order valence-electron chi connectivity index (χ2n) is 10.2. The van der Waals surface area contributed by atoms with Crippen LogP contribution in [0.2, 0.25) is 0 Å². The largest absolute Gasteiger partial charge is 0.507 e. The highest BCUT2D eigenvalue weighted by atomic mass is 19.4. The van der Waals surface area contributed by atoms with Crippen molar-refractivity contribution in [3.8, 4) is 5.75 Å². The molecule has 0 aliphatic carbocycles. The van der Waals surface area contributed by atoms with Gasteiger partial charge in [0, 0.05) is 29.1 Å². The van der Waals surface area contributed by atoms with Crippen molar-refractivity contribution in [2.45, 2.75) is 65.1 Å². The summed E-state index contributed by atoms with van der Waals surface area (Å²) in [6, 6.07) is 9.28. The van der Waals surface area contributed by atoms with Crippen LogP contribution in [0.3, 0.4) is 0 Å². The molecule has 0 amide bonds. The third-order valence-corrected chi connectivity index (χ3v) is 5.28. The van der Waals surface area contributed by atoms with E-state index in [-0.39, 0.29) is 34.5 Å². The number of aromatic hydroxyl groups is 1. The third-order valence-electron chi connectivity index (χ3n) is 5.28. The number of ketones is 1. The van der Waals surface area contributed by atoms with Crippen LogP contribution in [0, 0.1) is 5.41 Å². The van der Waals surface area contributed by atoms with Gasteiger partial charge in [0.1, 0.15) is 5.75 Å². The van der Waals surface area contributed by atoms with Gasteiger partial charge in [-0.15, -0.1) is 0 Å². The van der Waals surface area contributed by atoms with Gasteiger partial charge in [-0.2, -0.15) is 13.2 Å². The molecule has 0 radical (unpaired) electrons. The Morgan fingerprint density at radius 3 is 1.86 bits per heavy atom. The molecule has 0 saturated heterocycles. The van der Waals surface area contributed by atoms with Crippen molar-refractivity contribution in [1.29, 1.82) is 5.41 Å². The molecule has 3 aromatic rings. The minimum absolute atomic E-state index is 0.0783. The molecule has 0 saturated carbocycles. The predicted octanol–water partition coefficient (Wildman–Crippen LogP) is 5.04. The number of hydrogen-bond acceptors (Lipinski definition) is 4. The normalized spacial score (nSPS) is 12.3. The van der Waals surface area contributed by atoms with Crippen molar-refractivity contribution < 1.29 is 33.0 Å². The number of carbonyl (C=O) groups is 2. The van der Waals surface area contributed by atoms with Crippen LogP contribution in [-0.2, 0) is 22.2 Å². The molecule has 7 nitrogen and oxygen atoms in total. The summed E-state index contributed by atoms with van der Waals surface area (Å²) in [5.41, 5.74) is 2.64. The topological polar surface area (TPSA) is 108 Å². The molecule has 0 atom stereocenters. The Morgan fingerprint density at radius 2 is 1.46 bits per heavy atom. The van der Waals surface area contributed by atoms with Gasteiger partial charge in [-0.1, -0.05) is 47.6 Å². The Balaban J connectivity index is 0.000000540. The number of nitrogens with one attached hydrogen (secondary N) is 1. The van der Waals surface area contributed by atoms with Crippen molar-refractivity contribution in [1.82, 2.24) is 8.97 Å². The highest BCUT2D eigenvalue weighted by molar-refractivity contribution is 5.96. The fraction of sp³-hybridized carbons (Fsp3) is 0.400. The van der Waals surface area contributed by atoms with Crippen LogP contribution in [0.1, 0.15) is 63.0 Å². The number of alkyl halides is 3. The first-order chi connectivity index (χ1) is 15.8. The molecule has 2 heterocycles. The number of imidazole rings is 1. The smallest absolute Gasteiger partial charge is 0.490 e. The molecule has 3 N–H and O–H groups in total. The standard InChI is InChI=1S/C23H29N3O2.C2HF3O2/c1-22(2,3)17-11-15(12-18(20(17)28)23(4,5)6)19(27)14-25-13-16-9-7-8-10-26(16)21(25)24;3-2(4,5)1(6)7/h7-13,24,28H,14H2,1-6H3;(H,6,7). The van der Waals surface area contributed by atoms with E-state index < -0.39 is 12.1 Å². The molecule has 0 aliphatic heterocycles. The van der Waals surface area contributed by atoms with E-state index in [4.69, 9.17) is 15.3 Å². The van der Waals surface area contributed by atoms with Crippen LogP contribution in [0.25, 0.3) is 5.52 Å². The number of aromatic nitrogens is 2. The fourth-order valence-electron chi connectivity index (χ4n) is 3.42. The lowest BCUT2D eigenvalue weighted by Crippen LogP contribution is -2.25. The molecule has 190 valence electrons. The molecule has 1 aromatic carbocycles. The fourth-order valence-corrected chi connectivity index (χ4v) is 3.42. The molecule has 35 heavy (non-hydrogen) atoms. The number of Topliss-reactive ketones (excluding diaryl/α,β-unsaturated/α-hetero) is 1. The third kappa shape index (κ3) is 6.52. The number of carboxylic acid groups (broad SMARTS) is 1. The van der Waals surface area contributed by atoms with Crippen LogP contribution < -0.4 is 5.62 Å². The van der Waals surface area contributed by atoms with Crippen LogP contribution in [0.4, 0.5) is 13.2 Å². The average Bonchev–Trinajstić information content (AvgIpc) is 3.01. The number of phenolic OH excluding ortho intramolecular Hbond substituents is 1. The zero-order chi connectivity index (χ0) is 26.9. The molecule has 0 bridgehead atoms. The van der Waals surface area contributed by atoms with Gasteiger partial charge in [0.15, 0.2) is 5.78 Å². The minimum atomic E-state index is -5.08. The number of phenols is 1. The van der Waals surface area contributed by atoms with Crippen molar-refractivity contribution >= 4 is 17.3 Å². The Morgan fingerprint density at radius 1 is 0.971 bits per heavy atom. The molecule has 10 heteroatoms. The van der Waals surface area contributed by atoms with E-state index in [2.05, 4.69) is 0 Å². The van der Waals surface area contributed by atoms with E-state index in [1.807, 2.05) is 72.1 Å². The minimum Gasteiger partial charge on any atom is -0.507 e. The Hall–Kier alpha value is -3.56. The number of hydrogen-bond donors (Lipinski definition) is 3. The van der Waals surface area contributed by atoms with Crippen molar-refractivity contribution in [3.63, 3.8) is 0 Å². The maximum Gasteiger partial charge on any atom is 0.490 e. The SMILES string of the molecule is CC(C)(C)c1cc(C(=O)Cn2cc3ccccn3c2=N)cc(C(C)(C)C)c1O.O=C(O)C(F)(F)F. The first-order valence-electron chi connectivity index (χ1n) is 10.8. The summed E-state index contributed by atoms with van der Waals surface area (Å²) >= 11 is 0. The molecule has 0 spiro atoms. The second-order valence-corrected chi connectivity index (χ2v) is 10.2. The molecular formula is C25H30F3N3O4. The maximum absolute atomic E-state index is 13.1. The highest BCUT2D eigenvalue weighted by Gasteiger charge is 2.38. The number of pyridine rings is 1. The lowest BCUT2D eigenvalue weighted by molar-refractivity contribution is -0.192. The van der Waals surface area contributed by atoms with Gasteiger partial charge in [0.25, 0.3) is 0 Å². The zero-order valence-corrected chi connectivity index (χ0v) is 20.5. The van der Waals surface area contributed by atoms with Gasteiger partial charge in [-0.05, 0) is 35.1 Å². The summed E-state index contributed by atoms with van der Waals surface area (Å²) in [4.78, 5) is 22.0. The summed E-state index contributed by atoms with van der Waals surface area (Å²) in [5, 5.41) is 26.3. The highest BCUT2D eigenvalue weighted by Crippen LogP contribution is 2.39. The summed E-state index contributed by atoms with van der Waals surface area (Å²) in [5.74, 6) is -2.57. The van der Waals surface area contributed by atoms with E-state index in [1.165, 1.54) is 0 Å². The summed E-state index contributed by atoms with van der Waals surface area (Å²) in [6.45, 7) is 12.2. The molecule has 0 fully saturated rings. The average molecular weight is 494 g/mol. The second kappa shape index (κ2) is 9.59. The molecule has 0 aliphatic rings. The first-order valence-corrected chi connectivity index (χ1v) is 10.8. The lowest BCUT2D eigenvalue weighted by atomic mass is 9.78. The number of rotatable bonds is 3.